The monoisotopic (exact) mass is 224 g/mol. The first-order valence-corrected chi connectivity index (χ1v) is 7.23. The summed E-state index contributed by atoms with van der Waals surface area (Å²) in [6.07, 6.45) is 7.16. The number of rotatable bonds is 3. The number of hydrogen-bond acceptors (Lipinski definition) is 2. The van der Waals surface area contributed by atoms with Crippen molar-refractivity contribution in [3.63, 3.8) is 0 Å². The van der Waals surface area contributed by atoms with E-state index in [1.54, 1.807) is 0 Å². The predicted octanol–water partition coefficient (Wildman–Crippen LogP) is 2.59. The minimum absolute atomic E-state index is 0.732. The Morgan fingerprint density at radius 3 is 1.75 bits per heavy atom. The molecule has 1 spiro atoms. The van der Waals surface area contributed by atoms with E-state index in [1.807, 2.05) is 0 Å². The molecule has 2 fully saturated rings. The third-order valence-corrected chi connectivity index (χ3v) is 4.82. The second-order valence-corrected chi connectivity index (χ2v) is 5.78. The molecule has 0 bridgehead atoms. The second kappa shape index (κ2) is 5.50. The first kappa shape index (κ1) is 12.4. The molecule has 0 atom stereocenters. The largest absolute Gasteiger partial charge is 0.304 e. The van der Waals surface area contributed by atoms with Crippen molar-refractivity contribution in [2.24, 2.45) is 5.41 Å². The van der Waals surface area contributed by atoms with E-state index in [2.05, 4.69) is 23.6 Å². The highest BCUT2D eigenvalue weighted by atomic mass is 15.1. The Morgan fingerprint density at radius 2 is 1.31 bits per heavy atom. The summed E-state index contributed by atoms with van der Waals surface area (Å²) in [6.45, 7) is 12.6. The highest BCUT2D eigenvalue weighted by molar-refractivity contribution is 4.90. The van der Waals surface area contributed by atoms with Gasteiger partial charge >= 0.3 is 0 Å². The topological polar surface area (TPSA) is 6.48 Å². The van der Waals surface area contributed by atoms with E-state index in [0.717, 1.165) is 5.41 Å². The fourth-order valence-electron chi connectivity index (χ4n) is 3.41. The van der Waals surface area contributed by atoms with E-state index in [9.17, 15) is 0 Å². The molecule has 2 heterocycles. The Balaban J connectivity index is 1.79. The first-order chi connectivity index (χ1) is 7.78. The molecule has 2 nitrogen and oxygen atoms in total. The molecule has 2 saturated heterocycles. The van der Waals surface area contributed by atoms with Gasteiger partial charge in [0.05, 0.1) is 0 Å². The number of piperidine rings is 2. The van der Waals surface area contributed by atoms with Crippen LogP contribution < -0.4 is 0 Å². The molecule has 2 heteroatoms. The van der Waals surface area contributed by atoms with Crippen LogP contribution in [-0.4, -0.2) is 49.1 Å². The van der Waals surface area contributed by atoms with Gasteiger partial charge in [0.1, 0.15) is 0 Å². The summed E-state index contributed by atoms with van der Waals surface area (Å²) in [5.41, 5.74) is 0.732. The fraction of sp³-hybridized carbons (Fsp3) is 1.00. The van der Waals surface area contributed by atoms with Gasteiger partial charge in [-0.3, -0.25) is 0 Å². The summed E-state index contributed by atoms with van der Waals surface area (Å²) < 4.78 is 0. The lowest BCUT2D eigenvalue weighted by atomic mass is 9.71. The molecular weight excluding hydrogens is 196 g/mol. The summed E-state index contributed by atoms with van der Waals surface area (Å²) in [5.74, 6) is 0. The van der Waals surface area contributed by atoms with Gasteiger partial charge in [0, 0.05) is 0 Å². The van der Waals surface area contributed by atoms with E-state index in [0.29, 0.717) is 0 Å². The molecule has 0 aliphatic carbocycles. The quantitative estimate of drug-likeness (QED) is 0.727. The maximum Gasteiger partial charge on any atom is -0.00134 e. The van der Waals surface area contributed by atoms with Crippen molar-refractivity contribution in [1.29, 1.82) is 0 Å². The van der Waals surface area contributed by atoms with Gasteiger partial charge in [0.15, 0.2) is 0 Å². The highest BCUT2D eigenvalue weighted by Crippen LogP contribution is 2.41. The van der Waals surface area contributed by atoms with Gasteiger partial charge in [0.25, 0.3) is 0 Å². The van der Waals surface area contributed by atoms with Crippen LogP contribution in [0, 0.1) is 5.41 Å². The van der Waals surface area contributed by atoms with Crippen LogP contribution in [0.2, 0.25) is 0 Å². The van der Waals surface area contributed by atoms with E-state index in [1.165, 1.54) is 71.4 Å². The van der Waals surface area contributed by atoms with Crippen LogP contribution in [0.4, 0.5) is 0 Å². The van der Waals surface area contributed by atoms with E-state index < -0.39 is 0 Å². The van der Waals surface area contributed by atoms with Crippen LogP contribution in [-0.2, 0) is 0 Å². The lowest BCUT2D eigenvalue weighted by Gasteiger charge is -2.46. The Labute approximate surface area is 101 Å². The summed E-state index contributed by atoms with van der Waals surface area (Å²) in [4.78, 5) is 5.28. The molecule has 0 unspecified atom stereocenters. The van der Waals surface area contributed by atoms with Crippen molar-refractivity contribution < 1.29 is 0 Å². The lowest BCUT2D eigenvalue weighted by Crippen LogP contribution is -2.46. The second-order valence-electron chi connectivity index (χ2n) is 5.78. The highest BCUT2D eigenvalue weighted by Gasteiger charge is 2.36. The van der Waals surface area contributed by atoms with E-state index in [-0.39, 0.29) is 0 Å². The van der Waals surface area contributed by atoms with Gasteiger partial charge in [-0.25, -0.2) is 0 Å². The zero-order valence-electron chi connectivity index (χ0n) is 11.2. The SMILES string of the molecule is CCCN1CCC2(CCN(CC)CC2)CC1. The zero-order chi connectivity index (χ0) is 11.4. The van der Waals surface area contributed by atoms with Crippen molar-refractivity contribution in [2.45, 2.75) is 46.0 Å². The Kier molecular flexibility index (Phi) is 4.26. The van der Waals surface area contributed by atoms with Crippen LogP contribution >= 0.6 is 0 Å². The molecule has 0 saturated carbocycles. The number of nitrogens with zero attached hydrogens (tertiary/aromatic N) is 2. The molecule has 0 aromatic heterocycles. The van der Waals surface area contributed by atoms with Crippen molar-refractivity contribution >= 4 is 0 Å². The summed E-state index contributed by atoms with van der Waals surface area (Å²) in [5, 5.41) is 0. The van der Waals surface area contributed by atoms with Crippen LogP contribution in [0.3, 0.4) is 0 Å². The van der Waals surface area contributed by atoms with Crippen LogP contribution in [0.5, 0.6) is 0 Å². The van der Waals surface area contributed by atoms with Crippen molar-refractivity contribution in [2.75, 3.05) is 39.3 Å². The Bertz CT molecular complexity index is 197. The summed E-state index contributed by atoms with van der Waals surface area (Å²) >= 11 is 0. The molecule has 0 N–H and O–H groups in total. The van der Waals surface area contributed by atoms with Crippen molar-refractivity contribution in [1.82, 2.24) is 9.80 Å². The Morgan fingerprint density at radius 1 is 0.812 bits per heavy atom. The lowest BCUT2D eigenvalue weighted by molar-refractivity contribution is 0.0367. The molecule has 0 aromatic carbocycles. The average molecular weight is 224 g/mol. The minimum Gasteiger partial charge on any atom is -0.304 e. The molecule has 0 radical (unpaired) electrons. The fourth-order valence-corrected chi connectivity index (χ4v) is 3.41. The van der Waals surface area contributed by atoms with Gasteiger partial charge in [-0.05, 0) is 76.8 Å². The van der Waals surface area contributed by atoms with Crippen molar-refractivity contribution in [3.8, 4) is 0 Å². The third kappa shape index (κ3) is 2.78. The normalized spacial score (nSPS) is 27.4. The van der Waals surface area contributed by atoms with Gasteiger partial charge in [0.2, 0.25) is 0 Å². The predicted molar refractivity (Wildman–Crippen MR) is 69.7 cm³/mol. The minimum atomic E-state index is 0.732. The summed E-state index contributed by atoms with van der Waals surface area (Å²) in [7, 11) is 0. The van der Waals surface area contributed by atoms with Crippen LogP contribution in [0.1, 0.15) is 46.0 Å². The third-order valence-electron chi connectivity index (χ3n) is 4.82. The average Bonchev–Trinajstić information content (AvgIpc) is 2.34. The van der Waals surface area contributed by atoms with Gasteiger partial charge in [-0.1, -0.05) is 13.8 Å². The van der Waals surface area contributed by atoms with Crippen molar-refractivity contribution in [3.05, 3.63) is 0 Å². The zero-order valence-corrected chi connectivity index (χ0v) is 11.2. The van der Waals surface area contributed by atoms with Gasteiger partial charge in [-0.15, -0.1) is 0 Å². The molecule has 94 valence electrons. The van der Waals surface area contributed by atoms with Crippen LogP contribution in [0.15, 0.2) is 0 Å². The molecular formula is C14H28N2. The Hall–Kier alpha value is -0.0800. The number of likely N-dealkylation sites (tertiary alicyclic amines) is 2. The molecule has 0 amide bonds. The summed E-state index contributed by atoms with van der Waals surface area (Å²) in [6, 6.07) is 0. The van der Waals surface area contributed by atoms with E-state index in [4.69, 9.17) is 0 Å². The van der Waals surface area contributed by atoms with Crippen LogP contribution in [0.25, 0.3) is 0 Å². The first-order valence-electron chi connectivity index (χ1n) is 7.23. The maximum atomic E-state index is 2.66. The standard InChI is InChI=1S/C14H28N2/c1-3-9-16-12-7-14(8-13-16)5-10-15(4-2)11-6-14/h3-13H2,1-2H3. The molecule has 16 heavy (non-hydrogen) atoms. The molecule has 0 aromatic rings. The number of hydrogen-bond donors (Lipinski definition) is 0. The van der Waals surface area contributed by atoms with Gasteiger partial charge in [-0.2, -0.15) is 0 Å². The smallest absolute Gasteiger partial charge is 0.00134 e. The van der Waals surface area contributed by atoms with E-state index >= 15 is 0 Å². The molecule has 2 aliphatic rings. The molecule has 2 rings (SSSR count). The molecule has 2 aliphatic heterocycles. The maximum absolute atomic E-state index is 2.66. The van der Waals surface area contributed by atoms with Gasteiger partial charge < -0.3 is 9.80 Å².